The van der Waals surface area contributed by atoms with Gasteiger partial charge >= 0.3 is 6.18 Å². The van der Waals surface area contributed by atoms with Crippen molar-refractivity contribution in [2.45, 2.75) is 70.2 Å². The van der Waals surface area contributed by atoms with E-state index in [2.05, 4.69) is 5.32 Å². The Labute approximate surface area is 232 Å². The molecule has 3 aromatic rings. The monoisotopic (exact) mass is 552 g/mol. The number of nitrogens with two attached hydrogens (primary N) is 1. The van der Waals surface area contributed by atoms with E-state index in [1.165, 1.54) is 31.4 Å². The molecule has 0 aromatic heterocycles. The number of primary amides is 1. The molecule has 0 spiro atoms. The van der Waals surface area contributed by atoms with Gasteiger partial charge in [-0.1, -0.05) is 68.5 Å². The predicted molar refractivity (Wildman–Crippen MR) is 149 cm³/mol. The molecule has 0 saturated heterocycles. The third-order valence-electron chi connectivity index (χ3n) is 7.38. The second-order valence-electron chi connectivity index (χ2n) is 10.6. The first-order valence-electron chi connectivity index (χ1n) is 13.7. The lowest BCUT2D eigenvalue weighted by atomic mass is 9.84. The van der Waals surface area contributed by atoms with Crippen LogP contribution in [-0.2, 0) is 11.0 Å². The highest BCUT2D eigenvalue weighted by Gasteiger charge is 2.30. The Morgan fingerprint density at radius 1 is 0.900 bits per heavy atom. The SMILES string of the molecule is C[C@H](CC(N)=O)NC(=O)c1ccc(O[C@@H](CC2CCCCC2)c2ccc(-c3ccc(C(F)(F)F)cc3)cc2)cc1. The fraction of sp³-hybridized carbons (Fsp3) is 0.375. The molecule has 1 fully saturated rings. The third-order valence-corrected chi connectivity index (χ3v) is 7.38. The second kappa shape index (κ2) is 13.0. The highest BCUT2D eigenvalue weighted by atomic mass is 19.4. The van der Waals surface area contributed by atoms with Crippen molar-refractivity contribution in [1.29, 1.82) is 0 Å². The summed E-state index contributed by atoms with van der Waals surface area (Å²) in [6.45, 7) is 1.72. The summed E-state index contributed by atoms with van der Waals surface area (Å²) in [4.78, 5) is 23.6. The molecular formula is C32H35F3N2O3. The third kappa shape index (κ3) is 8.10. The summed E-state index contributed by atoms with van der Waals surface area (Å²) < 4.78 is 45.3. The Bertz CT molecular complexity index is 1270. The maximum atomic E-state index is 12.9. The van der Waals surface area contributed by atoms with Crippen LogP contribution in [-0.4, -0.2) is 17.9 Å². The van der Waals surface area contributed by atoms with Gasteiger partial charge in [0.1, 0.15) is 11.9 Å². The van der Waals surface area contributed by atoms with Crippen molar-refractivity contribution >= 4 is 11.8 Å². The molecule has 4 rings (SSSR count). The smallest absolute Gasteiger partial charge is 0.416 e. The van der Waals surface area contributed by atoms with Gasteiger partial charge in [0.2, 0.25) is 5.91 Å². The lowest BCUT2D eigenvalue weighted by Crippen LogP contribution is -2.35. The summed E-state index contributed by atoms with van der Waals surface area (Å²) in [7, 11) is 0. The number of alkyl halides is 3. The number of benzene rings is 3. The van der Waals surface area contributed by atoms with Crippen LogP contribution in [0.25, 0.3) is 11.1 Å². The van der Waals surface area contributed by atoms with Gasteiger partial charge in [-0.25, -0.2) is 0 Å². The minimum absolute atomic E-state index is 0.0629. The number of halogens is 3. The van der Waals surface area contributed by atoms with Crippen LogP contribution >= 0.6 is 0 Å². The van der Waals surface area contributed by atoms with Crippen LogP contribution in [0.15, 0.2) is 72.8 Å². The van der Waals surface area contributed by atoms with Gasteiger partial charge in [-0.3, -0.25) is 9.59 Å². The Morgan fingerprint density at radius 3 is 2.02 bits per heavy atom. The first-order valence-corrected chi connectivity index (χ1v) is 13.7. The molecule has 2 atom stereocenters. The van der Waals surface area contributed by atoms with Crippen molar-refractivity contribution < 1.29 is 27.5 Å². The Kier molecular flexibility index (Phi) is 9.50. The van der Waals surface area contributed by atoms with Crippen molar-refractivity contribution in [1.82, 2.24) is 5.32 Å². The molecule has 0 aliphatic heterocycles. The van der Waals surface area contributed by atoms with Crippen LogP contribution < -0.4 is 15.8 Å². The summed E-state index contributed by atoms with van der Waals surface area (Å²) in [5, 5.41) is 2.76. The highest BCUT2D eigenvalue weighted by Crippen LogP contribution is 2.36. The van der Waals surface area contributed by atoms with Gasteiger partial charge in [0, 0.05) is 18.0 Å². The van der Waals surface area contributed by atoms with Crippen molar-refractivity contribution in [2.24, 2.45) is 11.7 Å². The van der Waals surface area contributed by atoms with Crippen LogP contribution in [0, 0.1) is 5.92 Å². The molecule has 212 valence electrons. The average molecular weight is 553 g/mol. The largest absolute Gasteiger partial charge is 0.486 e. The van der Waals surface area contributed by atoms with Crippen LogP contribution in [0.4, 0.5) is 13.2 Å². The van der Waals surface area contributed by atoms with E-state index in [0.717, 1.165) is 42.5 Å². The van der Waals surface area contributed by atoms with Crippen LogP contribution in [0.2, 0.25) is 0 Å². The van der Waals surface area contributed by atoms with E-state index >= 15 is 0 Å². The number of hydrogen-bond donors (Lipinski definition) is 2. The first-order chi connectivity index (χ1) is 19.1. The minimum atomic E-state index is -4.36. The van der Waals surface area contributed by atoms with Crippen molar-refractivity contribution in [3.8, 4) is 16.9 Å². The normalized spacial score (nSPS) is 15.7. The average Bonchev–Trinajstić information content (AvgIpc) is 2.93. The molecule has 8 heteroatoms. The van der Waals surface area contributed by atoms with E-state index in [4.69, 9.17) is 10.5 Å². The molecule has 0 bridgehead atoms. The summed E-state index contributed by atoms with van der Waals surface area (Å²) in [6, 6.07) is 19.5. The standard InChI is InChI=1S/C32H35F3N2O3/c1-21(19-30(36)38)37-31(39)26-13-17-28(18-14-26)40-29(20-22-5-3-2-4-6-22)25-9-7-23(8-10-25)24-11-15-27(16-12-24)32(33,34)35/h7-18,21-22,29H,2-6,19-20H2,1H3,(H2,36,38)(H,37,39)/t21-,29+/m1/s1. The van der Waals surface area contributed by atoms with Gasteiger partial charge in [-0.05, 0) is 72.4 Å². The minimum Gasteiger partial charge on any atom is -0.486 e. The zero-order chi connectivity index (χ0) is 28.7. The Balaban J connectivity index is 1.48. The Morgan fingerprint density at radius 2 is 1.48 bits per heavy atom. The van der Waals surface area contributed by atoms with E-state index in [-0.39, 0.29) is 24.5 Å². The highest BCUT2D eigenvalue weighted by molar-refractivity contribution is 5.94. The quantitative estimate of drug-likeness (QED) is 0.274. The number of amides is 2. The van der Waals surface area contributed by atoms with E-state index in [1.54, 1.807) is 31.2 Å². The molecule has 1 saturated carbocycles. The lowest BCUT2D eigenvalue weighted by Gasteiger charge is -2.27. The van der Waals surface area contributed by atoms with Crippen molar-refractivity contribution in [3.63, 3.8) is 0 Å². The zero-order valence-electron chi connectivity index (χ0n) is 22.5. The maximum absolute atomic E-state index is 12.9. The van der Waals surface area contributed by atoms with Gasteiger partial charge in [-0.15, -0.1) is 0 Å². The number of carbonyl (C=O) groups is 2. The van der Waals surface area contributed by atoms with E-state index in [1.807, 2.05) is 24.3 Å². The number of ether oxygens (including phenoxy) is 1. The van der Waals surface area contributed by atoms with Crippen LogP contribution in [0.3, 0.4) is 0 Å². The number of nitrogens with one attached hydrogen (secondary N) is 1. The van der Waals surface area contributed by atoms with E-state index in [9.17, 15) is 22.8 Å². The molecule has 0 unspecified atom stereocenters. The summed E-state index contributed by atoms with van der Waals surface area (Å²) in [6.07, 6.45) is 2.34. The summed E-state index contributed by atoms with van der Waals surface area (Å²) >= 11 is 0. The molecule has 5 nitrogen and oxygen atoms in total. The van der Waals surface area contributed by atoms with Crippen molar-refractivity contribution in [3.05, 3.63) is 89.5 Å². The second-order valence-corrected chi connectivity index (χ2v) is 10.6. The zero-order valence-corrected chi connectivity index (χ0v) is 22.5. The van der Waals surface area contributed by atoms with E-state index in [0.29, 0.717) is 22.8 Å². The molecule has 0 radical (unpaired) electrons. The first kappa shape index (κ1) is 29.2. The van der Waals surface area contributed by atoms with Gasteiger partial charge in [0.25, 0.3) is 5.91 Å². The van der Waals surface area contributed by atoms with Gasteiger partial charge in [-0.2, -0.15) is 13.2 Å². The molecule has 1 aliphatic rings. The molecular weight excluding hydrogens is 517 g/mol. The predicted octanol–water partition coefficient (Wildman–Crippen LogP) is 7.46. The van der Waals surface area contributed by atoms with E-state index < -0.39 is 17.6 Å². The number of carbonyl (C=O) groups excluding carboxylic acids is 2. The van der Waals surface area contributed by atoms with Crippen LogP contribution in [0.5, 0.6) is 5.75 Å². The molecule has 1 aliphatic carbocycles. The number of rotatable bonds is 10. The molecule has 3 N–H and O–H groups in total. The van der Waals surface area contributed by atoms with Crippen LogP contribution in [0.1, 0.15) is 79.5 Å². The fourth-order valence-electron chi connectivity index (χ4n) is 5.23. The topological polar surface area (TPSA) is 81.4 Å². The molecule has 0 heterocycles. The molecule has 3 aromatic carbocycles. The Hall–Kier alpha value is -3.81. The lowest BCUT2D eigenvalue weighted by molar-refractivity contribution is -0.137. The number of hydrogen-bond acceptors (Lipinski definition) is 3. The molecule has 40 heavy (non-hydrogen) atoms. The summed E-state index contributed by atoms with van der Waals surface area (Å²) in [5.41, 5.74) is 7.51. The van der Waals surface area contributed by atoms with Gasteiger partial charge < -0.3 is 15.8 Å². The molecule has 2 amide bonds. The van der Waals surface area contributed by atoms with Crippen molar-refractivity contribution in [2.75, 3.05) is 0 Å². The maximum Gasteiger partial charge on any atom is 0.416 e. The van der Waals surface area contributed by atoms with Gasteiger partial charge in [0.15, 0.2) is 0 Å². The fourth-order valence-corrected chi connectivity index (χ4v) is 5.23. The van der Waals surface area contributed by atoms with Gasteiger partial charge in [0.05, 0.1) is 5.56 Å². The summed E-state index contributed by atoms with van der Waals surface area (Å²) in [5.74, 6) is 0.408.